The normalized spacial score (nSPS) is 12.6. The van der Waals surface area contributed by atoms with E-state index in [1.165, 1.54) is 31.1 Å². The van der Waals surface area contributed by atoms with Gasteiger partial charge in [0.05, 0.1) is 0 Å². The maximum Gasteiger partial charge on any atom is 0.339 e. The van der Waals surface area contributed by atoms with Gasteiger partial charge in [-0.25, -0.2) is 0 Å². The molecule has 0 aliphatic heterocycles. The van der Waals surface area contributed by atoms with Gasteiger partial charge in [-0.05, 0) is 15.6 Å². The molecule has 0 heterocycles. The first-order valence-corrected chi connectivity index (χ1v) is 27.5. The smallest absolute Gasteiger partial charge is 0.296 e. The van der Waals surface area contributed by atoms with Gasteiger partial charge in [-0.1, -0.05) is 234 Å². The van der Waals surface area contributed by atoms with Crippen LogP contribution in [0.25, 0.3) is 0 Å². The van der Waals surface area contributed by atoms with Crippen molar-refractivity contribution in [1.29, 1.82) is 0 Å². The van der Waals surface area contributed by atoms with Crippen LogP contribution in [0.3, 0.4) is 0 Å². The van der Waals surface area contributed by atoms with Crippen LogP contribution in [0, 0.1) is 0 Å². The Labute approximate surface area is 285 Å². The highest BCUT2D eigenvalue weighted by molar-refractivity contribution is 7.18. The highest BCUT2D eigenvalue weighted by Crippen LogP contribution is 2.16. The predicted molar refractivity (Wildman–Crippen MR) is 215 cm³/mol. The highest BCUT2D eigenvalue weighted by atomic mass is 28.4. The summed E-state index contributed by atoms with van der Waals surface area (Å²) in [5.74, 6) is 0. The minimum absolute atomic E-state index is 0.913. The second-order valence-electron chi connectivity index (χ2n) is 14.3. The van der Waals surface area contributed by atoms with Crippen LogP contribution in [0.2, 0.25) is 39.3 Å². The molecule has 6 aromatic rings. The van der Waals surface area contributed by atoms with Crippen molar-refractivity contribution in [1.82, 2.24) is 0 Å². The molecule has 0 N–H and O–H groups in total. The molecule has 0 spiro atoms. The molecule has 0 aliphatic rings. The largest absolute Gasteiger partial charge is 0.339 e. The van der Waals surface area contributed by atoms with Gasteiger partial charge in [0, 0.05) is 0 Å². The maximum absolute atomic E-state index is 20.1. The first-order valence-electron chi connectivity index (χ1n) is 16.7. The summed E-state index contributed by atoms with van der Waals surface area (Å²) in [6.07, 6.45) is 0. The third-order valence-electron chi connectivity index (χ3n) is 10.4. The monoisotopic (exact) mass is 680 g/mol. The molecule has 6 rings (SSSR count). The van der Waals surface area contributed by atoms with Crippen LogP contribution >= 0.6 is 0 Å². The molecular weight excluding hydrogens is 636 g/mol. The van der Waals surface area contributed by atoms with Gasteiger partial charge in [-0.3, -0.25) is 4.11 Å². The van der Waals surface area contributed by atoms with Gasteiger partial charge in [0.1, 0.15) is 24.2 Å². The lowest BCUT2D eigenvalue weighted by molar-refractivity contribution is 0.843. The Morgan fingerprint density at radius 3 is 0.702 bits per heavy atom. The number of hydrogen-bond donors (Lipinski definition) is 0. The summed E-state index contributed by atoms with van der Waals surface area (Å²) in [6, 6.07) is 58.1. The molecule has 5 heteroatoms. The van der Waals surface area contributed by atoms with Crippen LogP contribution in [0.1, 0.15) is 0 Å². The van der Waals surface area contributed by atoms with Gasteiger partial charge >= 0.3 is 8.41 Å². The zero-order chi connectivity index (χ0) is 33.3. The molecule has 0 fully saturated rings. The summed E-state index contributed by atoms with van der Waals surface area (Å²) in [5, 5.41) is 10.3. The Bertz CT molecular complexity index is 1740. The Hall–Kier alpha value is -3.88. The standard InChI is InChI=1S/C42H45FSi4/c1-44(2,34-22-10-7-11-23-34)37-28-16-19-31-40(37)47(43,41-32-20-17-29-38(41)45(3,4)35-24-12-8-13-25-35)42-33-21-18-30-39(42)46(5,6)36-26-14-9-15-27-36/h7-33H,1-6H3. The minimum atomic E-state index is -4.14. The average molecular weight is 681 g/mol. The third kappa shape index (κ3) is 5.91. The Morgan fingerprint density at radius 2 is 0.468 bits per heavy atom. The lowest BCUT2D eigenvalue weighted by atomic mass is 10.3. The number of rotatable bonds is 9. The predicted octanol–water partition coefficient (Wildman–Crippen LogP) is 5.09. The van der Waals surface area contributed by atoms with Gasteiger partial charge in [-0.15, -0.1) is 0 Å². The van der Waals surface area contributed by atoms with E-state index in [-0.39, 0.29) is 0 Å². The van der Waals surface area contributed by atoms with E-state index < -0.39 is 32.6 Å². The van der Waals surface area contributed by atoms with Crippen molar-refractivity contribution < 1.29 is 4.11 Å². The van der Waals surface area contributed by atoms with E-state index in [0.29, 0.717) is 0 Å². The summed E-state index contributed by atoms with van der Waals surface area (Å²) >= 11 is 0. The van der Waals surface area contributed by atoms with Gasteiger partial charge in [0.25, 0.3) is 0 Å². The van der Waals surface area contributed by atoms with E-state index in [0.717, 1.165) is 15.6 Å². The number of hydrogen-bond acceptors (Lipinski definition) is 0. The Balaban J connectivity index is 1.72. The molecule has 236 valence electrons. The molecule has 0 nitrogen and oxygen atoms in total. The molecule has 0 aliphatic carbocycles. The molecule has 0 bridgehead atoms. The summed E-state index contributed by atoms with van der Waals surface area (Å²) < 4.78 is 20.1. The molecule has 0 radical (unpaired) electrons. The zero-order valence-corrected chi connectivity index (χ0v) is 32.5. The van der Waals surface area contributed by atoms with Gasteiger partial charge in [0.2, 0.25) is 0 Å². The topological polar surface area (TPSA) is 0 Å². The molecule has 0 aromatic heterocycles. The molecule has 47 heavy (non-hydrogen) atoms. The van der Waals surface area contributed by atoms with E-state index in [2.05, 4.69) is 203 Å². The van der Waals surface area contributed by atoms with Gasteiger partial charge in [-0.2, -0.15) is 0 Å². The van der Waals surface area contributed by atoms with Gasteiger partial charge in [0.15, 0.2) is 0 Å². The lowest BCUT2D eigenvalue weighted by Gasteiger charge is -2.38. The quantitative estimate of drug-likeness (QED) is 0.114. The Kier molecular flexibility index (Phi) is 9.11. The van der Waals surface area contributed by atoms with E-state index in [1.54, 1.807) is 0 Å². The van der Waals surface area contributed by atoms with Crippen molar-refractivity contribution in [2.45, 2.75) is 39.3 Å². The summed E-state index contributed by atoms with van der Waals surface area (Å²) in [7, 11) is -11.1. The van der Waals surface area contributed by atoms with Crippen molar-refractivity contribution in [2.75, 3.05) is 0 Å². The maximum atomic E-state index is 20.1. The van der Waals surface area contributed by atoms with Crippen molar-refractivity contribution in [3.63, 3.8) is 0 Å². The first kappa shape index (κ1) is 33.0. The van der Waals surface area contributed by atoms with Crippen molar-refractivity contribution in [3.8, 4) is 0 Å². The van der Waals surface area contributed by atoms with Crippen LogP contribution in [-0.4, -0.2) is 32.6 Å². The second kappa shape index (κ2) is 13.0. The van der Waals surface area contributed by atoms with Crippen LogP contribution in [0.5, 0.6) is 0 Å². The third-order valence-corrected chi connectivity index (χ3v) is 25.4. The summed E-state index contributed by atoms with van der Waals surface area (Å²) in [4.78, 5) is 0. The van der Waals surface area contributed by atoms with Crippen LogP contribution in [0.15, 0.2) is 164 Å². The van der Waals surface area contributed by atoms with Crippen molar-refractivity contribution in [2.24, 2.45) is 0 Å². The lowest BCUT2D eigenvalue weighted by Crippen LogP contribution is -2.80. The van der Waals surface area contributed by atoms with Crippen LogP contribution < -0.4 is 46.7 Å². The molecule has 0 saturated carbocycles. The van der Waals surface area contributed by atoms with E-state index in [4.69, 9.17) is 0 Å². The number of benzene rings is 6. The first-order chi connectivity index (χ1) is 22.5. The number of halogens is 1. The average Bonchev–Trinajstić information content (AvgIpc) is 3.12. The molecule has 0 saturated heterocycles. The summed E-state index contributed by atoms with van der Waals surface area (Å²) in [5.41, 5.74) is 0. The van der Waals surface area contributed by atoms with E-state index in [1.807, 2.05) is 0 Å². The van der Waals surface area contributed by atoms with Crippen molar-refractivity contribution >= 4 is 79.3 Å². The molecule has 0 amide bonds. The molecule has 6 aromatic carbocycles. The summed E-state index contributed by atoms with van der Waals surface area (Å²) in [6.45, 7) is 14.3. The Morgan fingerprint density at radius 1 is 0.277 bits per heavy atom. The minimum Gasteiger partial charge on any atom is -0.296 e. The molecule has 0 atom stereocenters. The van der Waals surface area contributed by atoms with Gasteiger partial charge < -0.3 is 0 Å². The van der Waals surface area contributed by atoms with Crippen LogP contribution in [-0.2, 0) is 0 Å². The fourth-order valence-corrected chi connectivity index (χ4v) is 22.8. The molecule has 0 unspecified atom stereocenters. The van der Waals surface area contributed by atoms with E-state index in [9.17, 15) is 0 Å². The highest BCUT2D eigenvalue weighted by Gasteiger charge is 2.50. The SMILES string of the molecule is C[Si](C)(c1ccccc1)c1ccccc1[Si](F)(c1ccccc1[Si](C)(C)c1ccccc1)c1ccccc1[Si](C)(C)c1ccccc1. The molecular formula is C42H45FSi4. The fraction of sp³-hybridized carbons (Fsp3) is 0.143. The fourth-order valence-electron chi connectivity index (χ4n) is 7.45. The van der Waals surface area contributed by atoms with Crippen LogP contribution in [0.4, 0.5) is 4.11 Å². The van der Waals surface area contributed by atoms with Crippen molar-refractivity contribution in [3.05, 3.63) is 164 Å². The second-order valence-corrected chi connectivity index (χ2v) is 30.3. The zero-order valence-electron chi connectivity index (χ0n) is 28.5. The van der Waals surface area contributed by atoms with E-state index >= 15 is 4.11 Å².